The summed E-state index contributed by atoms with van der Waals surface area (Å²) < 4.78 is 0. The lowest BCUT2D eigenvalue weighted by Gasteiger charge is -2.17. The van der Waals surface area contributed by atoms with E-state index in [1.165, 1.54) is 5.56 Å². The molecule has 1 atom stereocenters. The number of carboxylic acid groups (broad SMARTS) is 1. The standard InChI is InChI=1S/C14H21NO2/c1-4-11-5-7-12(8-6-11)9-13(14(16)17)15-10(2)3/h5-8,10,13,15H,4,9H2,1-3H3,(H,16,17). The van der Waals surface area contributed by atoms with Crippen molar-refractivity contribution in [1.29, 1.82) is 0 Å². The lowest BCUT2D eigenvalue weighted by molar-refractivity contribution is -0.139. The zero-order valence-electron chi connectivity index (χ0n) is 10.7. The minimum atomic E-state index is -0.793. The number of benzene rings is 1. The summed E-state index contributed by atoms with van der Waals surface area (Å²) in [4.78, 5) is 11.1. The number of hydrogen-bond acceptors (Lipinski definition) is 2. The molecule has 0 bridgehead atoms. The average molecular weight is 235 g/mol. The second-order valence-corrected chi connectivity index (χ2v) is 4.59. The van der Waals surface area contributed by atoms with Crippen LogP contribution in [0.15, 0.2) is 24.3 Å². The molecule has 1 aromatic carbocycles. The van der Waals surface area contributed by atoms with Gasteiger partial charge >= 0.3 is 5.97 Å². The van der Waals surface area contributed by atoms with Crippen LogP contribution in [0.1, 0.15) is 31.9 Å². The van der Waals surface area contributed by atoms with Crippen molar-refractivity contribution in [1.82, 2.24) is 5.32 Å². The van der Waals surface area contributed by atoms with Gasteiger partial charge in [-0.25, -0.2) is 0 Å². The first-order valence-electron chi connectivity index (χ1n) is 6.09. The average Bonchev–Trinajstić information content (AvgIpc) is 2.28. The first kappa shape index (κ1) is 13.7. The zero-order chi connectivity index (χ0) is 12.8. The zero-order valence-corrected chi connectivity index (χ0v) is 10.7. The summed E-state index contributed by atoms with van der Waals surface area (Å²) in [7, 11) is 0. The van der Waals surface area contributed by atoms with Gasteiger partial charge in [0.1, 0.15) is 6.04 Å². The van der Waals surface area contributed by atoms with E-state index in [0.29, 0.717) is 6.42 Å². The fraction of sp³-hybridized carbons (Fsp3) is 0.500. The van der Waals surface area contributed by atoms with Crippen molar-refractivity contribution in [3.8, 4) is 0 Å². The summed E-state index contributed by atoms with van der Waals surface area (Å²) in [6.07, 6.45) is 1.53. The molecule has 1 rings (SSSR count). The molecule has 0 heterocycles. The van der Waals surface area contributed by atoms with Crippen molar-refractivity contribution in [2.45, 2.75) is 45.7 Å². The van der Waals surface area contributed by atoms with Gasteiger partial charge in [0.15, 0.2) is 0 Å². The van der Waals surface area contributed by atoms with Gasteiger partial charge < -0.3 is 10.4 Å². The highest BCUT2D eigenvalue weighted by molar-refractivity contribution is 5.74. The molecular formula is C14H21NO2. The molecule has 1 aromatic rings. The second-order valence-electron chi connectivity index (χ2n) is 4.59. The molecule has 0 spiro atoms. The molecule has 3 nitrogen and oxygen atoms in total. The number of rotatable bonds is 6. The largest absolute Gasteiger partial charge is 0.480 e. The van der Waals surface area contributed by atoms with Gasteiger partial charge in [-0.3, -0.25) is 4.79 Å². The Morgan fingerprint density at radius 2 is 1.76 bits per heavy atom. The number of carbonyl (C=O) groups is 1. The van der Waals surface area contributed by atoms with E-state index >= 15 is 0 Å². The summed E-state index contributed by atoms with van der Waals surface area (Å²) in [5, 5.41) is 12.2. The maximum absolute atomic E-state index is 11.1. The maximum atomic E-state index is 11.1. The van der Waals surface area contributed by atoms with Gasteiger partial charge in [0.25, 0.3) is 0 Å². The predicted octanol–water partition coefficient (Wildman–Crippen LogP) is 2.24. The molecule has 2 N–H and O–H groups in total. The van der Waals surface area contributed by atoms with Crippen LogP contribution in [-0.4, -0.2) is 23.2 Å². The van der Waals surface area contributed by atoms with Crippen molar-refractivity contribution >= 4 is 5.97 Å². The molecule has 0 aliphatic rings. The van der Waals surface area contributed by atoms with Gasteiger partial charge in [0.05, 0.1) is 0 Å². The number of aryl methyl sites for hydroxylation is 1. The Balaban J connectivity index is 2.68. The fourth-order valence-electron chi connectivity index (χ4n) is 1.77. The second kappa shape index (κ2) is 6.40. The van der Waals surface area contributed by atoms with Crippen molar-refractivity contribution in [2.24, 2.45) is 0 Å². The third-order valence-electron chi connectivity index (χ3n) is 2.70. The Kier molecular flexibility index (Phi) is 5.16. The molecular weight excluding hydrogens is 214 g/mol. The number of nitrogens with one attached hydrogen (secondary N) is 1. The van der Waals surface area contributed by atoms with E-state index in [-0.39, 0.29) is 6.04 Å². The number of aliphatic carboxylic acids is 1. The van der Waals surface area contributed by atoms with Crippen LogP contribution in [0, 0.1) is 0 Å². The van der Waals surface area contributed by atoms with E-state index in [2.05, 4.69) is 24.4 Å². The SMILES string of the molecule is CCc1ccc(CC(NC(C)C)C(=O)O)cc1. The van der Waals surface area contributed by atoms with Crippen LogP contribution in [0.5, 0.6) is 0 Å². The molecule has 17 heavy (non-hydrogen) atoms. The molecule has 0 aliphatic carbocycles. The smallest absolute Gasteiger partial charge is 0.321 e. The topological polar surface area (TPSA) is 49.3 Å². The Bertz CT molecular complexity index is 357. The van der Waals surface area contributed by atoms with E-state index in [9.17, 15) is 4.79 Å². The summed E-state index contributed by atoms with van der Waals surface area (Å²) in [6.45, 7) is 6.02. The van der Waals surface area contributed by atoms with E-state index in [4.69, 9.17) is 5.11 Å². The highest BCUT2D eigenvalue weighted by Gasteiger charge is 2.18. The molecule has 0 fully saturated rings. The van der Waals surface area contributed by atoms with Crippen LogP contribution < -0.4 is 5.32 Å². The van der Waals surface area contributed by atoms with Gasteiger partial charge in [-0.2, -0.15) is 0 Å². The van der Waals surface area contributed by atoms with Crippen molar-refractivity contribution in [2.75, 3.05) is 0 Å². The van der Waals surface area contributed by atoms with Crippen LogP contribution in [0.2, 0.25) is 0 Å². The number of carboxylic acids is 1. The molecule has 0 aromatic heterocycles. The minimum absolute atomic E-state index is 0.172. The molecule has 0 aliphatic heterocycles. The first-order chi connectivity index (χ1) is 8.02. The predicted molar refractivity (Wildman–Crippen MR) is 69.2 cm³/mol. The Morgan fingerprint density at radius 3 is 2.18 bits per heavy atom. The first-order valence-corrected chi connectivity index (χ1v) is 6.09. The highest BCUT2D eigenvalue weighted by Crippen LogP contribution is 2.08. The van der Waals surface area contributed by atoms with E-state index < -0.39 is 12.0 Å². The lowest BCUT2D eigenvalue weighted by atomic mass is 10.0. The van der Waals surface area contributed by atoms with Crippen LogP contribution in [0.25, 0.3) is 0 Å². The fourth-order valence-corrected chi connectivity index (χ4v) is 1.77. The van der Waals surface area contributed by atoms with Crippen molar-refractivity contribution in [3.63, 3.8) is 0 Å². The van der Waals surface area contributed by atoms with Crippen LogP contribution in [0.3, 0.4) is 0 Å². The lowest BCUT2D eigenvalue weighted by Crippen LogP contribution is -2.42. The van der Waals surface area contributed by atoms with Crippen LogP contribution in [0.4, 0.5) is 0 Å². The van der Waals surface area contributed by atoms with Gasteiger partial charge in [0, 0.05) is 6.04 Å². The molecule has 0 radical (unpaired) electrons. The Labute approximate surface area is 103 Å². The summed E-state index contributed by atoms with van der Waals surface area (Å²) in [6, 6.07) is 7.80. The van der Waals surface area contributed by atoms with Gasteiger partial charge in [-0.15, -0.1) is 0 Å². The maximum Gasteiger partial charge on any atom is 0.321 e. The third kappa shape index (κ3) is 4.57. The van der Waals surface area contributed by atoms with Gasteiger partial charge in [0.2, 0.25) is 0 Å². The van der Waals surface area contributed by atoms with E-state index in [1.807, 2.05) is 26.0 Å². The number of hydrogen-bond donors (Lipinski definition) is 2. The molecule has 0 saturated heterocycles. The third-order valence-corrected chi connectivity index (χ3v) is 2.70. The van der Waals surface area contributed by atoms with Crippen LogP contribution >= 0.6 is 0 Å². The summed E-state index contributed by atoms with van der Waals surface area (Å²) >= 11 is 0. The molecule has 0 saturated carbocycles. The monoisotopic (exact) mass is 235 g/mol. The summed E-state index contributed by atoms with van der Waals surface area (Å²) in [5.41, 5.74) is 2.33. The van der Waals surface area contributed by atoms with E-state index in [1.54, 1.807) is 0 Å². The van der Waals surface area contributed by atoms with Crippen molar-refractivity contribution in [3.05, 3.63) is 35.4 Å². The van der Waals surface area contributed by atoms with Gasteiger partial charge in [-0.1, -0.05) is 45.0 Å². The Hall–Kier alpha value is -1.35. The summed E-state index contributed by atoms with van der Waals surface area (Å²) in [5.74, 6) is -0.793. The Morgan fingerprint density at radius 1 is 1.24 bits per heavy atom. The van der Waals surface area contributed by atoms with Crippen molar-refractivity contribution < 1.29 is 9.90 Å². The minimum Gasteiger partial charge on any atom is -0.480 e. The van der Waals surface area contributed by atoms with E-state index in [0.717, 1.165) is 12.0 Å². The molecule has 3 heteroatoms. The molecule has 0 amide bonds. The van der Waals surface area contributed by atoms with Crippen LogP contribution in [-0.2, 0) is 17.6 Å². The highest BCUT2D eigenvalue weighted by atomic mass is 16.4. The molecule has 1 unspecified atom stereocenters. The molecule has 94 valence electrons. The quantitative estimate of drug-likeness (QED) is 0.795. The normalized spacial score (nSPS) is 12.7. The van der Waals surface area contributed by atoms with Gasteiger partial charge in [-0.05, 0) is 24.0 Å².